The molecule has 10 heteroatoms. The Morgan fingerprint density at radius 2 is 1.88 bits per heavy atom. The Kier molecular flexibility index (Phi) is 8.20. The molecule has 3 aliphatic rings. The van der Waals surface area contributed by atoms with E-state index in [9.17, 15) is 14.0 Å². The Bertz CT molecular complexity index is 1510. The molecule has 0 radical (unpaired) electrons. The molecule has 8 nitrogen and oxygen atoms in total. The summed E-state index contributed by atoms with van der Waals surface area (Å²) in [6.45, 7) is 8.98. The second kappa shape index (κ2) is 11.9. The molecule has 2 aliphatic heterocycles. The second-order valence-electron chi connectivity index (χ2n) is 12.7. The monoisotopic (exact) mass is 607 g/mol. The van der Waals surface area contributed by atoms with Gasteiger partial charge in [0.05, 0.1) is 41.9 Å². The number of ether oxygens (including phenoxy) is 1. The number of carbonyl (C=O) groups excluding carboxylic acids is 2. The predicted octanol–water partition coefficient (Wildman–Crippen LogP) is 6.15. The minimum absolute atomic E-state index is 0.0181. The molecule has 3 fully saturated rings. The Labute approximate surface area is 257 Å². The molecule has 0 bridgehead atoms. The van der Waals surface area contributed by atoms with Gasteiger partial charge in [-0.3, -0.25) is 9.59 Å². The molecule has 1 aliphatic carbocycles. The highest BCUT2D eigenvalue weighted by Crippen LogP contribution is 2.47. The molecule has 2 saturated heterocycles. The summed E-state index contributed by atoms with van der Waals surface area (Å²) in [5, 5.41) is 8.95. The molecule has 43 heavy (non-hydrogen) atoms. The first-order chi connectivity index (χ1) is 20.6. The zero-order valence-electron chi connectivity index (χ0n) is 25.1. The number of hydrogen-bond donors (Lipinski definition) is 0. The van der Waals surface area contributed by atoms with Crippen LogP contribution in [0.25, 0.3) is 11.3 Å². The predicted molar refractivity (Wildman–Crippen MR) is 162 cm³/mol. The highest BCUT2D eigenvalue weighted by molar-refractivity contribution is 6.30. The molecule has 4 unspecified atom stereocenters. The standard InChI is InChI=1S/C33H39ClFN5O3/c1-19(2)40-31(41)16-25(32(40)22-11-12-26(34)27(35)15-22)33(42)39-14-13-23(21-9-10-21)29(39)18-38-17-28(36-37-38)24-7-5-6-8-30(24)43-20(3)4/h5-8,11-12,15,17,19-21,23,25,29,32H,9-10,13-14,16,18H2,1-4H3. The molecule has 6 rings (SSSR count). The van der Waals surface area contributed by atoms with Gasteiger partial charge in [-0.1, -0.05) is 35.0 Å². The number of carbonyl (C=O) groups is 2. The maximum atomic E-state index is 14.6. The van der Waals surface area contributed by atoms with Gasteiger partial charge in [0.15, 0.2) is 0 Å². The minimum Gasteiger partial charge on any atom is -0.490 e. The van der Waals surface area contributed by atoms with E-state index >= 15 is 0 Å². The van der Waals surface area contributed by atoms with Gasteiger partial charge in [-0.25, -0.2) is 9.07 Å². The molecule has 1 aromatic heterocycles. The van der Waals surface area contributed by atoms with Gasteiger partial charge in [0.1, 0.15) is 17.3 Å². The second-order valence-corrected chi connectivity index (χ2v) is 13.1. The molecule has 2 amide bonds. The summed E-state index contributed by atoms with van der Waals surface area (Å²) >= 11 is 5.99. The number of benzene rings is 2. The van der Waals surface area contributed by atoms with Crippen LogP contribution in [-0.2, 0) is 16.1 Å². The van der Waals surface area contributed by atoms with Crippen molar-refractivity contribution in [1.29, 1.82) is 0 Å². The molecule has 1 saturated carbocycles. The van der Waals surface area contributed by atoms with Gasteiger partial charge < -0.3 is 14.5 Å². The smallest absolute Gasteiger partial charge is 0.228 e. The van der Waals surface area contributed by atoms with Crippen molar-refractivity contribution in [2.24, 2.45) is 17.8 Å². The van der Waals surface area contributed by atoms with Gasteiger partial charge in [0.2, 0.25) is 11.8 Å². The quantitative estimate of drug-likeness (QED) is 0.291. The van der Waals surface area contributed by atoms with E-state index in [-0.39, 0.29) is 41.4 Å². The van der Waals surface area contributed by atoms with Crippen molar-refractivity contribution in [2.45, 2.75) is 84.2 Å². The molecular weight excluding hydrogens is 569 g/mol. The fraction of sp³-hybridized carbons (Fsp3) is 0.515. The molecule has 3 heterocycles. The van der Waals surface area contributed by atoms with Gasteiger partial charge in [-0.15, -0.1) is 5.10 Å². The van der Waals surface area contributed by atoms with E-state index in [0.29, 0.717) is 36.2 Å². The van der Waals surface area contributed by atoms with Crippen molar-refractivity contribution in [2.75, 3.05) is 6.54 Å². The zero-order valence-corrected chi connectivity index (χ0v) is 25.9. The Morgan fingerprint density at radius 3 is 2.58 bits per heavy atom. The summed E-state index contributed by atoms with van der Waals surface area (Å²) in [6.07, 6.45) is 5.30. The van der Waals surface area contributed by atoms with Crippen molar-refractivity contribution < 1.29 is 18.7 Å². The van der Waals surface area contributed by atoms with Crippen LogP contribution in [0, 0.1) is 23.6 Å². The van der Waals surface area contributed by atoms with E-state index < -0.39 is 17.8 Å². The van der Waals surface area contributed by atoms with Gasteiger partial charge in [-0.2, -0.15) is 0 Å². The third kappa shape index (κ3) is 5.88. The number of amides is 2. The number of aromatic nitrogens is 3. The fourth-order valence-corrected chi connectivity index (χ4v) is 7.20. The molecule has 228 valence electrons. The van der Waals surface area contributed by atoms with Crippen LogP contribution in [-0.4, -0.2) is 61.3 Å². The lowest BCUT2D eigenvalue weighted by Crippen LogP contribution is -2.45. The number of rotatable bonds is 9. The molecular formula is C33H39ClFN5O3. The SMILES string of the molecule is CC(C)Oc1ccccc1-c1cn(CC2C(C3CC3)CCN2C(=O)C2CC(=O)N(C(C)C)C2c2ccc(Cl)c(F)c2)nn1. The number of halogens is 2. The van der Waals surface area contributed by atoms with E-state index in [2.05, 4.69) is 10.3 Å². The Morgan fingerprint density at radius 1 is 1.12 bits per heavy atom. The highest BCUT2D eigenvalue weighted by Gasteiger charge is 2.51. The summed E-state index contributed by atoms with van der Waals surface area (Å²) in [5.41, 5.74) is 2.18. The van der Waals surface area contributed by atoms with E-state index in [1.165, 1.54) is 25.0 Å². The summed E-state index contributed by atoms with van der Waals surface area (Å²) < 4.78 is 22.4. The van der Waals surface area contributed by atoms with Crippen molar-refractivity contribution in [3.05, 3.63) is 65.1 Å². The molecule has 3 aromatic rings. The van der Waals surface area contributed by atoms with Crippen molar-refractivity contribution in [3.63, 3.8) is 0 Å². The van der Waals surface area contributed by atoms with Gasteiger partial charge >= 0.3 is 0 Å². The lowest BCUT2D eigenvalue weighted by Gasteiger charge is -2.35. The van der Waals surface area contributed by atoms with Crippen molar-refractivity contribution in [1.82, 2.24) is 24.8 Å². The van der Waals surface area contributed by atoms with Crippen LogP contribution in [0.3, 0.4) is 0 Å². The van der Waals surface area contributed by atoms with Crippen LogP contribution < -0.4 is 4.74 Å². The summed E-state index contributed by atoms with van der Waals surface area (Å²) in [4.78, 5) is 31.4. The van der Waals surface area contributed by atoms with Gasteiger partial charge in [-0.05, 0) is 88.6 Å². The van der Waals surface area contributed by atoms with Crippen LogP contribution in [0.4, 0.5) is 4.39 Å². The Hall–Kier alpha value is -3.46. The zero-order chi connectivity index (χ0) is 30.4. The maximum absolute atomic E-state index is 14.6. The summed E-state index contributed by atoms with van der Waals surface area (Å²) in [5.74, 6) is 0.393. The van der Waals surface area contributed by atoms with Crippen molar-refractivity contribution >= 4 is 23.4 Å². The number of likely N-dealkylation sites (tertiary alicyclic amines) is 2. The van der Waals surface area contributed by atoms with Crippen molar-refractivity contribution in [3.8, 4) is 17.0 Å². The van der Waals surface area contributed by atoms with E-state index in [1.807, 2.05) is 67.7 Å². The van der Waals surface area contributed by atoms with E-state index in [1.54, 1.807) is 11.0 Å². The molecule has 0 N–H and O–H groups in total. The first-order valence-corrected chi connectivity index (χ1v) is 15.7. The lowest BCUT2D eigenvalue weighted by atomic mass is 9.90. The van der Waals surface area contributed by atoms with E-state index in [0.717, 1.165) is 17.7 Å². The number of nitrogens with zero attached hydrogens (tertiary/aromatic N) is 5. The largest absolute Gasteiger partial charge is 0.490 e. The van der Waals surface area contributed by atoms with Crippen LogP contribution in [0.2, 0.25) is 5.02 Å². The summed E-state index contributed by atoms with van der Waals surface area (Å²) in [6, 6.07) is 11.6. The van der Waals surface area contributed by atoms with Crippen LogP contribution in [0.5, 0.6) is 5.75 Å². The third-order valence-electron chi connectivity index (χ3n) is 9.07. The normalized spacial score (nSPS) is 24.0. The fourth-order valence-electron chi connectivity index (χ4n) is 7.08. The first-order valence-electron chi connectivity index (χ1n) is 15.3. The summed E-state index contributed by atoms with van der Waals surface area (Å²) in [7, 11) is 0. The molecule has 2 aromatic carbocycles. The molecule has 4 atom stereocenters. The minimum atomic E-state index is -0.609. The lowest BCUT2D eigenvalue weighted by molar-refractivity contribution is -0.138. The van der Waals surface area contributed by atoms with Crippen LogP contribution in [0.1, 0.15) is 65.0 Å². The average Bonchev–Trinajstić information content (AvgIpc) is 3.39. The van der Waals surface area contributed by atoms with Crippen LogP contribution >= 0.6 is 11.6 Å². The van der Waals surface area contributed by atoms with E-state index in [4.69, 9.17) is 16.3 Å². The highest BCUT2D eigenvalue weighted by atomic mass is 35.5. The Balaban J connectivity index is 1.28. The van der Waals surface area contributed by atoms with Gasteiger partial charge in [0, 0.05) is 24.6 Å². The molecule has 0 spiro atoms. The number of para-hydroxylation sites is 1. The van der Waals surface area contributed by atoms with Gasteiger partial charge in [0.25, 0.3) is 0 Å². The maximum Gasteiger partial charge on any atom is 0.228 e. The third-order valence-corrected chi connectivity index (χ3v) is 9.38. The number of hydrogen-bond acceptors (Lipinski definition) is 5. The average molecular weight is 608 g/mol. The topological polar surface area (TPSA) is 80.6 Å². The first kappa shape index (κ1) is 29.6. The van der Waals surface area contributed by atoms with Crippen LogP contribution in [0.15, 0.2) is 48.7 Å².